The molecular formula is C10H14BrN3O4. The molecule has 0 saturated carbocycles. The lowest BCUT2D eigenvalue weighted by atomic mass is 10.3. The van der Waals surface area contributed by atoms with E-state index in [1.807, 2.05) is 0 Å². The van der Waals surface area contributed by atoms with E-state index in [1.54, 1.807) is 0 Å². The average molecular weight is 320 g/mol. The Bertz CT molecular complexity index is 403. The van der Waals surface area contributed by atoms with E-state index in [9.17, 15) is 10.1 Å². The summed E-state index contributed by atoms with van der Waals surface area (Å²) >= 11 is 3.22. The first-order chi connectivity index (χ1) is 8.66. The molecule has 1 heterocycles. The second-order valence-corrected chi connectivity index (χ2v) is 4.24. The molecule has 0 atom stereocenters. The molecule has 0 spiro atoms. The minimum atomic E-state index is -0.484. The first-order valence-corrected chi connectivity index (χ1v) is 6.16. The lowest BCUT2D eigenvalue weighted by Gasteiger charge is -2.08. The highest BCUT2D eigenvalue weighted by molar-refractivity contribution is 9.10. The summed E-state index contributed by atoms with van der Waals surface area (Å²) in [4.78, 5) is 14.1. The number of ether oxygens (including phenoxy) is 1. The number of hydrogen-bond acceptors (Lipinski definition) is 6. The number of nitro groups is 1. The Kier molecular flexibility index (Phi) is 6.55. The van der Waals surface area contributed by atoms with Crippen molar-refractivity contribution < 1.29 is 14.8 Å². The molecule has 0 aromatic carbocycles. The van der Waals surface area contributed by atoms with Crippen molar-refractivity contribution in [2.45, 2.75) is 6.42 Å². The Morgan fingerprint density at radius 3 is 2.94 bits per heavy atom. The van der Waals surface area contributed by atoms with Crippen LogP contribution in [-0.4, -0.2) is 41.4 Å². The predicted octanol–water partition coefficient (Wildman–Crippen LogP) is 1.56. The molecule has 1 aromatic heterocycles. The minimum Gasteiger partial charge on any atom is -0.394 e. The molecule has 0 bridgehead atoms. The van der Waals surface area contributed by atoms with Gasteiger partial charge in [-0.1, -0.05) is 0 Å². The fourth-order valence-corrected chi connectivity index (χ4v) is 1.75. The first kappa shape index (κ1) is 14.8. The molecule has 7 nitrogen and oxygen atoms in total. The summed E-state index contributed by atoms with van der Waals surface area (Å²) in [5.41, 5.74) is 0.345. The third-order valence-corrected chi connectivity index (χ3v) is 2.68. The summed E-state index contributed by atoms with van der Waals surface area (Å²) in [5.74, 6) is 0. The molecular weight excluding hydrogens is 306 g/mol. The number of rotatable bonds is 8. The van der Waals surface area contributed by atoms with Crippen molar-refractivity contribution in [1.82, 2.24) is 4.98 Å². The Morgan fingerprint density at radius 2 is 2.28 bits per heavy atom. The standard InChI is InChI=1S/C10H14BrN3O4/c11-8-6-12-7-9(14(16)17)10(8)13-2-1-4-18-5-3-15/h6-7,15H,1-5H2,(H,12,13). The molecule has 100 valence electrons. The van der Waals surface area contributed by atoms with E-state index in [0.717, 1.165) is 0 Å². The minimum absolute atomic E-state index is 0.00516. The maximum Gasteiger partial charge on any atom is 0.311 e. The molecule has 8 heteroatoms. The zero-order chi connectivity index (χ0) is 13.4. The van der Waals surface area contributed by atoms with Crippen LogP contribution in [0.4, 0.5) is 11.4 Å². The highest BCUT2D eigenvalue weighted by Crippen LogP contribution is 2.30. The van der Waals surface area contributed by atoms with Crippen LogP contribution in [0.15, 0.2) is 16.9 Å². The number of anilines is 1. The van der Waals surface area contributed by atoms with Crippen molar-refractivity contribution in [1.29, 1.82) is 0 Å². The molecule has 1 rings (SSSR count). The maximum atomic E-state index is 10.8. The smallest absolute Gasteiger partial charge is 0.311 e. The monoisotopic (exact) mass is 319 g/mol. The van der Waals surface area contributed by atoms with E-state index in [4.69, 9.17) is 9.84 Å². The number of halogens is 1. The van der Waals surface area contributed by atoms with Gasteiger partial charge in [-0.15, -0.1) is 0 Å². The zero-order valence-electron chi connectivity index (χ0n) is 9.63. The molecule has 2 N–H and O–H groups in total. The number of hydrogen-bond donors (Lipinski definition) is 2. The third kappa shape index (κ3) is 4.55. The van der Waals surface area contributed by atoms with Crippen LogP contribution < -0.4 is 5.32 Å². The Morgan fingerprint density at radius 1 is 1.50 bits per heavy atom. The van der Waals surface area contributed by atoms with Gasteiger partial charge in [-0.2, -0.15) is 0 Å². The van der Waals surface area contributed by atoms with Crippen molar-refractivity contribution in [2.75, 3.05) is 31.7 Å². The van der Waals surface area contributed by atoms with Crippen molar-refractivity contribution in [3.05, 3.63) is 27.0 Å². The maximum absolute atomic E-state index is 10.8. The van der Waals surface area contributed by atoms with Crippen LogP contribution in [0.1, 0.15) is 6.42 Å². The van der Waals surface area contributed by atoms with E-state index in [-0.39, 0.29) is 12.3 Å². The lowest BCUT2D eigenvalue weighted by Crippen LogP contribution is -2.09. The molecule has 0 saturated heterocycles. The van der Waals surface area contributed by atoms with Gasteiger partial charge in [0.1, 0.15) is 11.9 Å². The lowest BCUT2D eigenvalue weighted by molar-refractivity contribution is -0.384. The van der Waals surface area contributed by atoms with Gasteiger partial charge in [0.2, 0.25) is 0 Å². The van der Waals surface area contributed by atoms with Crippen LogP contribution in [0.5, 0.6) is 0 Å². The molecule has 18 heavy (non-hydrogen) atoms. The van der Waals surface area contributed by atoms with E-state index in [0.29, 0.717) is 36.3 Å². The summed E-state index contributed by atoms with van der Waals surface area (Å²) in [6, 6.07) is 0. The summed E-state index contributed by atoms with van der Waals surface area (Å²) < 4.78 is 5.63. The van der Waals surface area contributed by atoms with E-state index in [2.05, 4.69) is 26.2 Å². The summed E-state index contributed by atoms with van der Waals surface area (Å²) in [7, 11) is 0. The van der Waals surface area contributed by atoms with E-state index >= 15 is 0 Å². The summed E-state index contributed by atoms with van der Waals surface area (Å²) in [6.45, 7) is 1.33. The summed E-state index contributed by atoms with van der Waals surface area (Å²) in [5, 5.41) is 22.3. The molecule has 0 unspecified atom stereocenters. The number of nitrogens with zero attached hydrogens (tertiary/aromatic N) is 2. The number of aliphatic hydroxyl groups excluding tert-OH is 1. The van der Waals surface area contributed by atoms with Gasteiger partial charge in [-0.05, 0) is 22.4 Å². The quantitative estimate of drug-likeness (QED) is 0.429. The molecule has 0 aliphatic heterocycles. The second-order valence-electron chi connectivity index (χ2n) is 3.39. The van der Waals surface area contributed by atoms with E-state index in [1.165, 1.54) is 12.4 Å². The number of pyridine rings is 1. The Hall–Kier alpha value is -1.25. The average Bonchev–Trinajstić information content (AvgIpc) is 2.34. The zero-order valence-corrected chi connectivity index (χ0v) is 11.2. The fraction of sp³-hybridized carbons (Fsp3) is 0.500. The topological polar surface area (TPSA) is 97.5 Å². The molecule has 0 aliphatic rings. The third-order valence-electron chi connectivity index (χ3n) is 2.08. The highest BCUT2D eigenvalue weighted by atomic mass is 79.9. The molecule has 0 amide bonds. The number of nitrogens with one attached hydrogen (secondary N) is 1. The van der Waals surface area contributed by atoms with Crippen molar-refractivity contribution in [3.8, 4) is 0 Å². The molecule has 0 radical (unpaired) electrons. The van der Waals surface area contributed by atoms with Crippen molar-refractivity contribution in [3.63, 3.8) is 0 Å². The van der Waals surface area contributed by atoms with Crippen LogP contribution in [0.3, 0.4) is 0 Å². The van der Waals surface area contributed by atoms with Crippen LogP contribution >= 0.6 is 15.9 Å². The van der Waals surface area contributed by atoms with Gasteiger partial charge in [0.15, 0.2) is 0 Å². The van der Waals surface area contributed by atoms with Crippen molar-refractivity contribution >= 4 is 27.3 Å². The van der Waals surface area contributed by atoms with Crippen molar-refractivity contribution in [2.24, 2.45) is 0 Å². The SMILES string of the molecule is O=[N+]([O-])c1cncc(Br)c1NCCCOCCO. The first-order valence-electron chi connectivity index (χ1n) is 5.37. The Labute approximate surface area is 112 Å². The number of aromatic nitrogens is 1. The largest absolute Gasteiger partial charge is 0.394 e. The van der Waals surface area contributed by atoms with Gasteiger partial charge in [-0.3, -0.25) is 15.1 Å². The van der Waals surface area contributed by atoms with Crippen LogP contribution in [-0.2, 0) is 4.74 Å². The van der Waals surface area contributed by atoms with Crippen LogP contribution in [0.25, 0.3) is 0 Å². The highest BCUT2D eigenvalue weighted by Gasteiger charge is 2.16. The number of aliphatic hydroxyl groups is 1. The molecule has 1 aromatic rings. The van der Waals surface area contributed by atoms with Crippen LogP contribution in [0, 0.1) is 10.1 Å². The van der Waals surface area contributed by atoms with Gasteiger partial charge >= 0.3 is 5.69 Å². The van der Waals surface area contributed by atoms with Gasteiger partial charge in [-0.25, -0.2) is 0 Å². The molecule has 0 fully saturated rings. The predicted molar refractivity (Wildman–Crippen MR) is 69.6 cm³/mol. The van der Waals surface area contributed by atoms with Gasteiger partial charge in [0.05, 0.1) is 22.6 Å². The van der Waals surface area contributed by atoms with Gasteiger partial charge in [0.25, 0.3) is 0 Å². The van der Waals surface area contributed by atoms with Gasteiger partial charge in [0, 0.05) is 19.3 Å². The fourth-order valence-electron chi connectivity index (χ4n) is 1.29. The van der Waals surface area contributed by atoms with Gasteiger partial charge < -0.3 is 15.2 Å². The van der Waals surface area contributed by atoms with Crippen LogP contribution in [0.2, 0.25) is 0 Å². The molecule has 0 aliphatic carbocycles. The second kappa shape index (κ2) is 7.96. The summed E-state index contributed by atoms with van der Waals surface area (Å²) in [6.07, 6.45) is 3.39. The normalized spacial score (nSPS) is 10.3. The van der Waals surface area contributed by atoms with E-state index < -0.39 is 4.92 Å². The Balaban J connectivity index is 2.48.